The fourth-order valence-electron chi connectivity index (χ4n) is 4.51. The van der Waals surface area contributed by atoms with Crippen molar-refractivity contribution < 1.29 is 41.7 Å². The molecule has 6 atom stereocenters. The van der Waals surface area contributed by atoms with Gasteiger partial charge in [-0.15, -0.1) is 5.10 Å². The van der Waals surface area contributed by atoms with Crippen LogP contribution in [0.5, 0.6) is 0 Å². The smallest absolute Gasteiger partial charge is 0.337 e. The second kappa shape index (κ2) is 9.97. The first-order valence-corrected chi connectivity index (χ1v) is 11.1. The van der Waals surface area contributed by atoms with Crippen LogP contribution in [-0.2, 0) is 28.5 Å². The number of halogens is 3. The Kier molecular flexibility index (Phi) is 6.75. The Hall–Kier alpha value is -3.32. The van der Waals surface area contributed by atoms with E-state index in [1.807, 2.05) is 30.3 Å². The van der Waals surface area contributed by atoms with Gasteiger partial charge in [0.1, 0.15) is 30.0 Å². The average molecular weight is 505 g/mol. The van der Waals surface area contributed by atoms with E-state index < -0.39 is 60.2 Å². The largest absolute Gasteiger partial charge is 0.467 e. The first kappa shape index (κ1) is 24.4. The van der Waals surface area contributed by atoms with E-state index in [9.17, 15) is 18.0 Å². The second-order valence-electron chi connectivity index (χ2n) is 8.32. The highest BCUT2D eigenvalue weighted by molar-refractivity contribution is 5.75. The summed E-state index contributed by atoms with van der Waals surface area (Å²) in [5.41, 5.74) is 0.831. The third-order valence-corrected chi connectivity index (χ3v) is 6.22. The Labute approximate surface area is 203 Å². The van der Waals surface area contributed by atoms with Crippen molar-refractivity contribution in [3.05, 3.63) is 71.7 Å². The molecule has 0 N–H and O–H groups in total. The maximum Gasteiger partial charge on any atom is 0.337 e. The summed E-state index contributed by atoms with van der Waals surface area (Å²) in [4.78, 5) is 12.5. The van der Waals surface area contributed by atoms with E-state index in [2.05, 4.69) is 10.3 Å². The number of ether oxygens (including phenoxy) is 5. The zero-order valence-electron chi connectivity index (χ0n) is 19.2. The third kappa shape index (κ3) is 4.37. The second-order valence-corrected chi connectivity index (χ2v) is 8.32. The van der Waals surface area contributed by atoms with E-state index in [1.54, 1.807) is 0 Å². The van der Waals surface area contributed by atoms with Crippen LogP contribution >= 0.6 is 0 Å². The van der Waals surface area contributed by atoms with Gasteiger partial charge in [-0.25, -0.2) is 22.6 Å². The predicted molar refractivity (Wildman–Crippen MR) is 116 cm³/mol. The highest BCUT2D eigenvalue weighted by Crippen LogP contribution is 2.40. The molecule has 0 bridgehead atoms. The number of rotatable bonds is 5. The van der Waals surface area contributed by atoms with Crippen LogP contribution in [0.2, 0.25) is 0 Å². The van der Waals surface area contributed by atoms with E-state index in [1.165, 1.54) is 25.1 Å². The van der Waals surface area contributed by atoms with Gasteiger partial charge < -0.3 is 23.7 Å². The number of benzene rings is 2. The van der Waals surface area contributed by atoms with Gasteiger partial charge in [-0.05, 0) is 12.1 Å². The molecule has 3 aromatic rings. The highest BCUT2D eigenvalue weighted by Gasteiger charge is 2.54. The maximum absolute atomic E-state index is 13.8. The minimum absolute atomic E-state index is 0.0187. The molecule has 1 unspecified atom stereocenters. The molecule has 2 fully saturated rings. The standard InChI is InChI=1S/C24H22F3N3O6/c1-32-21-19(30-10-16(28-29-30)13-8-14(25)18(27)15(26)9-13)20-17(35-22(21)23(31)33-2)11-34-24(36-20)12-6-4-3-5-7-12/h3-10,17,19-22,24H,11H2,1-2H3/t17-,19+,20+,21-,22-,24?/m1/s1. The molecule has 5 rings (SSSR count). The molecule has 0 saturated carbocycles. The Morgan fingerprint density at radius 1 is 1.08 bits per heavy atom. The number of nitrogens with zero attached hydrogens (tertiary/aromatic N) is 3. The summed E-state index contributed by atoms with van der Waals surface area (Å²) in [6.45, 7) is 0.0978. The maximum atomic E-state index is 13.8. The molecule has 12 heteroatoms. The van der Waals surface area contributed by atoms with E-state index in [4.69, 9.17) is 23.7 Å². The SMILES string of the molecule is COC(=O)[C@@H]1O[C@@H]2COC(c3ccccc3)O[C@@H]2[C@H](n2cc(-c3cc(F)c(F)c(F)c3)nn2)[C@H]1OC. The lowest BCUT2D eigenvalue weighted by Crippen LogP contribution is -2.61. The van der Waals surface area contributed by atoms with Crippen LogP contribution in [0.4, 0.5) is 13.2 Å². The number of carbonyl (C=O) groups is 1. The van der Waals surface area contributed by atoms with Crippen LogP contribution in [0, 0.1) is 17.5 Å². The van der Waals surface area contributed by atoms with E-state index in [0.29, 0.717) is 0 Å². The van der Waals surface area contributed by atoms with Crippen LogP contribution < -0.4 is 0 Å². The number of esters is 1. The number of fused-ring (bicyclic) bond motifs is 1. The van der Waals surface area contributed by atoms with Crippen molar-refractivity contribution in [2.75, 3.05) is 20.8 Å². The number of hydrogen-bond acceptors (Lipinski definition) is 8. The van der Waals surface area contributed by atoms with Crippen molar-refractivity contribution in [1.29, 1.82) is 0 Å². The third-order valence-electron chi connectivity index (χ3n) is 6.22. The molecule has 3 heterocycles. The zero-order chi connectivity index (χ0) is 25.4. The normalized spacial score (nSPS) is 27.9. The van der Waals surface area contributed by atoms with E-state index in [0.717, 1.165) is 17.7 Å². The molecule has 2 aliphatic rings. The molecule has 190 valence electrons. The molecule has 2 aliphatic heterocycles. The van der Waals surface area contributed by atoms with Crippen LogP contribution in [0.15, 0.2) is 48.7 Å². The van der Waals surface area contributed by atoms with Crippen LogP contribution in [0.25, 0.3) is 11.3 Å². The van der Waals surface area contributed by atoms with E-state index in [-0.39, 0.29) is 17.9 Å². The van der Waals surface area contributed by atoms with Gasteiger partial charge in [0.05, 0.1) is 19.9 Å². The number of carbonyl (C=O) groups excluding carboxylic acids is 1. The predicted octanol–water partition coefficient (Wildman–Crippen LogP) is 2.97. The van der Waals surface area contributed by atoms with Crippen molar-refractivity contribution >= 4 is 5.97 Å². The summed E-state index contributed by atoms with van der Waals surface area (Å²) in [6.07, 6.45) is -2.79. The van der Waals surface area contributed by atoms with Gasteiger partial charge in [0.25, 0.3) is 0 Å². The molecule has 0 aliphatic carbocycles. The molecule has 9 nitrogen and oxygen atoms in total. The average Bonchev–Trinajstić information content (AvgIpc) is 3.40. The van der Waals surface area contributed by atoms with Crippen molar-refractivity contribution in [3.8, 4) is 11.3 Å². The number of hydrogen-bond donors (Lipinski definition) is 0. The molecular weight excluding hydrogens is 483 g/mol. The van der Waals surface area contributed by atoms with Gasteiger partial charge in [0.15, 0.2) is 29.8 Å². The Morgan fingerprint density at radius 2 is 1.81 bits per heavy atom. The Balaban J connectivity index is 1.53. The number of aromatic nitrogens is 3. The van der Waals surface area contributed by atoms with Gasteiger partial charge in [-0.1, -0.05) is 35.5 Å². The van der Waals surface area contributed by atoms with Crippen molar-refractivity contribution in [2.45, 2.75) is 36.7 Å². The van der Waals surface area contributed by atoms with Crippen LogP contribution in [0.1, 0.15) is 17.9 Å². The summed E-state index contributed by atoms with van der Waals surface area (Å²) >= 11 is 0. The van der Waals surface area contributed by atoms with Crippen molar-refractivity contribution in [2.24, 2.45) is 0 Å². The fourth-order valence-corrected chi connectivity index (χ4v) is 4.51. The quantitative estimate of drug-likeness (QED) is 0.386. The van der Waals surface area contributed by atoms with Crippen molar-refractivity contribution in [3.63, 3.8) is 0 Å². The van der Waals surface area contributed by atoms with Gasteiger partial charge in [0, 0.05) is 18.2 Å². The lowest BCUT2D eigenvalue weighted by molar-refractivity contribution is -0.316. The summed E-state index contributed by atoms with van der Waals surface area (Å²) in [5.74, 6) is -4.96. The lowest BCUT2D eigenvalue weighted by Gasteiger charge is -2.48. The first-order chi connectivity index (χ1) is 17.4. The highest BCUT2D eigenvalue weighted by atomic mass is 19.2. The zero-order valence-corrected chi connectivity index (χ0v) is 19.2. The van der Waals surface area contributed by atoms with Gasteiger partial charge >= 0.3 is 5.97 Å². The van der Waals surface area contributed by atoms with Crippen molar-refractivity contribution in [1.82, 2.24) is 15.0 Å². The van der Waals surface area contributed by atoms with Crippen LogP contribution in [0.3, 0.4) is 0 Å². The van der Waals surface area contributed by atoms with E-state index >= 15 is 0 Å². The lowest BCUT2D eigenvalue weighted by atomic mass is 9.91. The molecule has 36 heavy (non-hydrogen) atoms. The Bertz CT molecular complexity index is 1220. The number of methoxy groups -OCH3 is 2. The van der Waals surface area contributed by atoms with Gasteiger partial charge in [-0.3, -0.25) is 0 Å². The summed E-state index contributed by atoms with van der Waals surface area (Å²) in [5, 5.41) is 8.13. The summed E-state index contributed by atoms with van der Waals surface area (Å²) in [6, 6.07) is 10.1. The fraction of sp³-hybridized carbons (Fsp3) is 0.375. The molecule has 2 aromatic carbocycles. The molecular formula is C24H22F3N3O6. The molecule has 2 saturated heterocycles. The summed E-state index contributed by atoms with van der Waals surface area (Å²) in [7, 11) is 2.62. The first-order valence-electron chi connectivity index (χ1n) is 11.1. The van der Waals surface area contributed by atoms with Gasteiger partial charge in [-0.2, -0.15) is 0 Å². The monoisotopic (exact) mass is 505 g/mol. The molecule has 0 radical (unpaired) electrons. The molecule has 0 spiro atoms. The summed E-state index contributed by atoms with van der Waals surface area (Å²) < 4.78 is 71.1. The molecule has 1 aromatic heterocycles. The van der Waals surface area contributed by atoms with Gasteiger partial charge in [0.2, 0.25) is 0 Å². The Morgan fingerprint density at radius 3 is 2.47 bits per heavy atom. The minimum Gasteiger partial charge on any atom is -0.467 e. The van der Waals surface area contributed by atoms with Crippen LogP contribution in [-0.4, -0.2) is 66.2 Å². The topological polar surface area (TPSA) is 93.9 Å². The molecule has 0 amide bonds. The minimum atomic E-state index is -1.58.